The number of hydrogen-bond acceptors (Lipinski definition) is 6. The first-order valence-corrected chi connectivity index (χ1v) is 16.6. The van der Waals surface area contributed by atoms with Gasteiger partial charge in [-0.3, -0.25) is 0 Å². The van der Waals surface area contributed by atoms with Crippen molar-refractivity contribution in [3.63, 3.8) is 0 Å². The van der Waals surface area contributed by atoms with E-state index in [9.17, 15) is 0 Å². The van der Waals surface area contributed by atoms with Crippen molar-refractivity contribution < 1.29 is 0 Å². The van der Waals surface area contributed by atoms with Crippen LogP contribution in [0.4, 0.5) is 34.1 Å². The summed E-state index contributed by atoms with van der Waals surface area (Å²) in [7, 11) is 0. The van der Waals surface area contributed by atoms with Crippen LogP contribution < -0.4 is 29.4 Å². The van der Waals surface area contributed by atoms with Crippen LogP contribution in [0.3, 0.4) is 0 Å². The summed E-state index contributed by atoms with van der Waals surface area (Å²) in [4.78, 5) is 15.2. The van der Waals surface area contributed by atoms with Crippen LogP contribution in [0.5, 0.6) is 0 Å². The van der Waals surface area contributed by atoms with Gasteiger partial charge in [0.2, 0.25) is 0 Å². The lowest BCUT2D eigenvalue weighted by atomic mass is 10.1. The monoisotopic (exact) mass is 564 g/mol. The van der Waals surface area contributed by atoms with Crippen LogP contribution in [0.2, 0.25) is 0 Å². The topological polar surface area (TPSA) is 19.4 Å². The molecular formula is C36H48N6. The smallest absolute Gasteiger partial charge is 0.0937 e. The van der Waals surface area contributed by atoms with Crippen molar-refractivity contribution in [1.29, 1.82) is 0 Å². The fraction of sp³-hybridized carbons (Fsp3) is 0.500. The largest absolute Gasteiger partial charge is 0.372 e. The van der Waals surface area contributed by atoms with Crippen LogP contribution in [0, 0.1) is 0 Å². The summed E-state index contributed by atoms with van der Waals surface area (Å²) >= 11 is 0. The van der Waals surface area contributed by atoms with E-state index in [1.165, 1.54) is 131 Å². The molecule has 0 bridgehead atoms. The zero-order valence-corrected chi connectivity index (χ0v) is 25.3. The molecule has 222 valence electrons. The van der Waals surface area contributed by atoms with Crippen LogP contribution in [0.15, 0.2) is 72.8 Å². The third-order valence-corrected chi connectivity index (χ3v) is 9.83. The summed E-state index contributed by atoms with van der Waals surface area (Å²) in [6.07, 6.45) is 12.0. The summed E-state index contributed by atoms with van der Waals surface area (Å²) in [5, 5.41) is 0. The molecule has 0 radical (unpaired) electrons. The fourth-order valence-electron chi connectivity index (χ4n) is 7.32. The van der Waals surface area contributed by atoms with Crippen LogP contribution >= 0.6 is 0 Å². The molecule has 4 aliphatic rings. The summed E-state index contributed by atoms with van der Waals surface area (Å²) < 4.78 is 0. The third kappa shape index (κ3) is 6.13. The minimum atomic E-state index is 0.883. The Kier molecular flexibility index (Phi) is 8.30. The second-order valence-electron chi connectivity index (χ2n) is 12.7. The van der Waals surface area contributed by atoms with Crippen molar-refractivity contribution in [2.45, 2.75) is 57.8 Å². The predicted molar refractivity (Wildman–Crippen MR) is 180 cm³/mol. The lowest BCUT2D eigenvalue weighted by molar-refractivity contribution is 0.577. The van der Waals surface area contributed by atoms with E-state index in [-0.39, 0.29) is 0 Å². The Hall–Kier alpha value is -3.54. The van der Waals surface area contributed by atoms with Gasteiger partial charge in [0, 0.05) is 73.4 Å². The van der Waals surface area contributed by atoms with Crippen molar-refractivity contribution in [2.75, 3.05) is 88.7 Å². The molecular weight excluding hydrogens is 516 g/mol. The number of anilines is 6. The van der Waals surface area contributed by atoms with Gasteiger partial charge in [0.1, 0.15) is 0 Å². The number of nitrogens with zero attached hydrogens (tertiary/aromatic N) is 6. The van der Waals surface area contributed by atoms with Gasteiger partial charge in [0.05, 0.1) is 20.0 Å². The van der Waals surface area contributed by atoms with Crippen LogP contribution in [0.25, 0.3) is 0 Å². The lowest BCUT2D eigenvalue weighted by Gasteiger charge is -2.45. The highest BCUT2D eigenvalue weighted by Gasteiger charge is 2.25. The van der Waals surface area contributed by atoms with Gasteiger partial charge < -0.3 is 29.4 Å². The van der Waals surface area contributed by atoms with E-state index in [1.54, 1.807) is 0 Å². The number of benzene rings is 3. The minimum absolute atomic E-state index is 0.883. The molecule has 0 aromatic heterocycles. The molecule has 4 aliphatic heterocycles. The molecule has 4 saturated heterocycles. The van der Waals surface area contributed by atoms with Gasteiger partial charge in [-0.25, -0.2) is 0 Å². The first-order valence-electron chi connectivity index (χ1n) is 16.6. The van der Waals surface area contributed by atoms with Crippen molar-refractivity contribution in [3.8, 4) is 0 Å². The molecule has 0 saturated carbocycles. The van der Waals surface area contributed by atoms with Gasteiger partial charge in [0.25, 0.3) is 0 Å². The van der Waals surface area contributed by atoms with E-state index in [1.807, 2.05) is 0 Å². The highest BCUT2D eigenvalue weighted by molar-refractivity contribution is 5.64. The molecule has 3 aromatic rings. The molecule has 0 aliphatic carbocycles. The molecule has 42 heavy (non-hydrogen) atoms. The Bertz CT molecular complexity index is 1090. The van der Waals surface area contributed by atoms with Gasteiger partial charge in [-0.15, -0.1) is 0 Å². The molecule has 0 amide bonds. The SMILES string of the molecule is c1cc(N2CN(c3ccc(N4CCCCC4)cc3)CN(c3ccc(N4CCCCC4)cc3)C2)ccc1N1CCCCC1. The Labute approximate surface area is 253 Å². The predicted octanol–water partition coefficient (Wildman–Crippen LogP) is 7.36. The zero-order chi connectivity index (χ0) is 28.1. The van der Waals surface area contributed by atoms with E-state index in [0.717, 1.165) is 20.0 Å². The maximum absolute atomic E-state index is 2.55. The number of hydrogen-bond donors (Lipinski definition) is 0. The Morgan fingerprint density at radius 1 is 0.238 bits per heavy atom. The van der Waals surface area contributed by atoms with Crippen molar-refractivity contribution in [2.24, 2.45) is 0 Å². The van der Waals surface area contributed by atoms with Crippen LogP contribution in [0.1, 0.15) is 57.8 Å². The molecule has 0 atom stereocenters. The summed E-state index contributed by atoms with van der Waals surface area (Å²) in [5.74, 6) is 0. The molecule has 0 N–H and O–H groups in total. The van der Waals surface area contributed by atoms with Crippen molar-refractivity contribution >= 4 is 34.1 Å². The minimum Gasteiger partial charge on any atom is -0.372 e. The average molecular weight is 565 g/mol. The van der Waals surface area contributed by atoms with Gasteiger partial charge in [-0.2, -0.15) is 0 Å². The maximum atomic E-state index is 2.55. The second kappa shape index (κ2) is 12.8. The van der Waals surface area contributed by atoms with E-state index in [2.05, 4.69) is 102 Å². The van der Waals surface area contributed by atoms with Crippen molar-refractivity contribution in [3.05, 3.63) is 72.8 Å². The molecule has 6 nitrogen and oxygen atoms in total. The second-order valence-corrected chi connectivity index (χ2v) is 12.7. The number of piperidine rings is 3. The molecule has 3 aromatic carbocycles. The maximum Gasteiger partial charge on any atom is 0.0937 e. The molecule has 6 heteroatoms. The number of rotatable bonds is 6. The zero-order valence-electron chi connectivity index (χ0n) is 25.3. The van der Waals surface area contributed by atoms with Crippen molar-refractivity contribution in [1.82, 2.24) is 0 Å². The molecule has 4 fully saturated rings. The highest BCUT2D eigenvalue weighted by Crippen LogP contribution is 2.31. The van der Waals surface area contributed by atoms with E-state index in [4.69, 9.17) is 0 Å². The Balaban J connectivity index is 1.12. The van der Waals surface area contributed by atoms with Gasteiger partial charge in [0.15, 0.2) is 0 Å². The third-order valence-electron chi connectivity index (χ3n) is 9.83. The Morgan fingerprint density at radius 2 is 0.429 bits per heavy atom. The summed E-state index contributed by atoms with van der Waals surface area (Å²) in [6, 6.07) is 28.1. The van der Waals surface area contributed by atoms with Crippen LogP contribution in [-0.4, -0.2) is 59.3 Å². The van der Waals surface area contributed by atoms with Gasteiger partial charge in [-0.1, -0.05) is 0 Å². The normalized spacial score (nSPS) is 20.3. The fourth-order valence-corrected chi connectivity index (χ4v) is 7.32. The molecule has 4 heterocycles. The highest BCUT2D eigenvalue weighted by atomic mass is 15.5. The van der Waals surface area contributed by atoms with Crippen LogP contribution in [-0.2, 0) is 0 Å². The van der Waals surface area contributed by atoms with E-state index in [0.29, 0.717) is 0 Å². The molecule has 0 spiro atoms. The average Bonchev–Trinajstić information content (AvgIpc) is 3.09. The first kappa shape index (κ1) is 27.3. The van der Waals surface area contributed by atoms with Gasteiger partial charge in [-0.05, 0) is 131 Å². The van der Waals surface area contributed by atoms with Gasteiger partial charge >= 0.3 is 0 Å². The summed E-state index contributed by atoms with van der Waals surface area (Å²) in [5.41, 5.74) is 7.98. The lowest BCUT2D eigenvalue weighted by Crippen LogP contribution is -2.55. The standard InChI is InChI=1S/C36H48N6/c1-4-22-37(23-5-1)31-10-16-34(17-11-31)40-28-41(35-18-12-32(13-19-35)38-24-6-2-7-25-38)30-42(29-40)36-20-14-33(15-21-36)39-26-8-3-9-27-39/h10-21H,1-9,22-30H2. The van der Waals surface area contributed by atoms with E-state index >= 15 is 0 Å². The Morgan fingerprint density at radius 3 is 0.643 bits per heavy atom. The first-order chi connectivity index (χ1) is 20.8. The molecule has 7 rings (SSSR count). The summed E-state index contributed by atoms with van der Waals surface area (Å²) in [6.45, 7) is 9.77. The van der Waals surface area contributed by atoms with E-state index < -0.39 is 0 Å². The molecule has 0 unspecified atom stereocenters. The quantitative estimate of drug-likeness (QED) is 0.309.